The van der Waals surface area contributed by atoms with E-state index in [0.29, 0.717) is 60.2 Å². The number of hydrogen-bond acceptors (Lipinski definition) is 10. The Labute approximate surface area is 266 Å². The number of hydrogen-bond donors (Lipinski definition) is 1. The molecule has 47 heavy (non-hydrogen) atoms. The van der Waals surface area contributed by atoms with Crippen LogP contribution in [0, 0.1) is 18.6 Å². The maximum absolute atomic E-state index is 15.2. The highest BCUT2D eigenvalue weighted by atomic mass is 19.1. The number of carbonyl (C=O) groups is 1. The first kappa shape index (κ1) is 31.4. The van der Waals surface area contributed by atoms with E-state index in [2.05, 4.69) is 15.3 Å². The Kier molecular flexibility index (Phi) is 9.26. The van der Waals surface area contributed by atoms with Crippen LogP contribution in [0.15, 0.2) is 65.7 Å². The van der Waals surface area contributed by atoms with Crippen LogP contribution in [-0.2, 0) is 16.5 Å². The highest BCUT2D eigenvalue weighted by molar-refractivity contribution is 5.88. The molecule has 0 saturated carbocycles. The van der Waals surface area contributed by atoms with Crippen LogP contribution in [0.1, 0.15) is 5.69 Å². The summed E-state index contributed by atoms with van der Waals surface area (Å²) in [6.45, 7) is 3.72. The SMILES string of the molecule is Cc1c(OC(=O)Nc2ccc(Oc3ncnc4cc5c(cc34)OCCOCCOCCO5)c(F)c2)c(=O)n(-c2ccc(F)cc2)n1C. The van der Waals surface area contributed by atoms with E-state index in [1.54, 1.807) is 26.1 Å². The van der Waals surface area contributed by atoms with Gasteiger partial charge in [0, 0.05) is 24.9 Å². The maximum Gasteiger partial charge on any atom is 0.417 e. The summed E-state index contributed by atoms with van der Waals surface area (Å²) >= 11 is 0. The van der Waals surface area contributed by atoms with Gasteiger partial charge in [-0.15, -0.1) is 0 Å². The molecule has 0 bridgehead atoms. The molecule has 0 fully saturated rings. The fraction of sp³-hybridized carbons (Fsp3) is 0.250. The number of benzene rings is 3. The minimum atomic E-state index is -1.02. The lowest BCUT2D eigenvalue weighted by Crippen LogP contribution is -2.23. The van der Waals surface area contributed by atoms with Crippen molar-refractivity contribution in [2.45, 2.75) is 6.92 Å². The molecule has 1 amide bonds. The van der Waals surface area contributed by atoms with Crippen LogP contribution < -0.4 is 29.8 Å². The second kappa shape index (κ2) is 13.8. The lowest BCUT2D eigenvalue weighted by Gasteiger charge is -2.16. The molecule has 0 atom stereocenters. The fourth-order valence-electron chi connectivity index (χ4n) is 4.77. The molecule has 0 aliphatic carbocycles. The summed E-state index contributed by atoms with van der Waals surface area (Å²) in [5, 5.41) is 2.85. The van der Waals surface area contributed by atoms with Crippen molar-refractivity contribution < 1.29 is 42.0 Å². The minimum Gasteiger partial charge on any atom is -0.487 e. The van der Waals surface area contributed by atoms with Gasteiger partial charge >= 0.3 is 11.7 Å². The molecular weight excluding hydrogens is 620 g/mol. The van der Waals surface area contributed by atoms with E-state index in [-0.39, 0.29) is 36.3 Å². The van der Waals surface area contributed by atoms with Crippen LogP contribution in [0.3, 0.4) is 0 Å². The van der Waals surface area contributed by atoms with Gasteiger partial charge < -0.3 is 28.4 Å². The number of fused-ring (bicyclic) bond motifs is 2. The van der Waals surface area contributed by atoms with Crippen molar-refractivity contribution in [3.63, 3.8) is 0 Å². The molecule has 1 N–H and O–H groups in total. The predicted molar refractivity (Wildman–Crippen MR) is 164 cm³/mol. The van der Waals surface area contributed by atoms with Gasteiger partial charge in [-0.1, -0.05) is 0 Å². The Bertz CT molecular complexity index is 1980. The molecule has 0 radical (unpaired) electrons. The first-order valence-corrected chi connectivity index (χ1v) is 14.5. The number of halogens is 2. The van der Waals surface area contributed by atoms with E-state index in [1.807, 2.05) is 0 Å². The van der Waals surface area contributed by atoms with Gasteiger partial charge in [0.2, 0.25) is 11.6 Å². The van der Waals surface area contributed by atoms with E-state index in [0.717, 1.165) is 6.07 Å². The lowest BCUT2D eigenvalue weighted by molar-refractivity contribution is 0.0224. The first-order valence-electron chi connectivity index (χ1n) is 14.5. The molecule has 13 nitrogen and oxygen atoms in total. The zero-order valence-electron chi connectivity index (χ0n) is 25.3. The third kappa shape index (κ3) is 7.00. The van der Waals surface area contributed by atoms with Crippen LogP contribution in [0.4, 0.5) is 19.3 Å². The van der Waals surface area contributed by atoms with Crippen LogP contribution in [0.25, 0.3) is 16.6 Å². The van der Waals surface area contributed by atoms with Crippen molar-refractivity contribution in [3.05, 3.63) is 88.6 Å². The molecule has 1 aliphatic heterocycles. The van der Waals surface area contributed by atoms with Crippen molar-refractivity contribution in [1.29, 1.82) is 0 Å². The molecule has 1 aliphatic rings. The lowest BCUT2D eigenvalue weighted by atomic mass is 10.2. The average molecular weight is 650 g/mol. The largest absolute Gasteiger partial charge is 0.487 e. The topological polar surface area (TPSA) is 137 Å². The zero-order chi connectivity index (χ0) is 32.9. The first-order chi connectivity index (χ1) is 22.8. The van der Waals surface area contributed by atoms with E-state index < -0.39 is 23.3 Å². The second-order valence-electron chi connectivity index (χ2n) is 10.2. The van der Waals surface area contributed by atoms with Crippen molar-refractivity contribution in [2.24, 2.45) is 7.05 Å². The van der Waals surface area contributed by atoms with Gasteiger partial charge in [0.25, 0.3) is 0 Å². The van der Waals surface area contributed by atoms with Gasteiger partial charge in [0.1, 0.15) is 25.4 Å². The quantitative estimate of drug-likeness (QED) is 0.280. The van der Waals surface area contributed by atoms with Gasteiger partial charge in [-0.05, 0) is 49.4 Å². The van der Waals surface area contributed by atoms with Gasteiger partial charge in [0.05, 0.1) is 48.7 Å². The Morgan fingerprint density at radius 2 is 1.57 bits per heavy atom. The monoisotopic (exact) mass is 649 g/mol. The summed E-state index contributed by atoms with van der Waals surface area (Å²) in [6, 6.07) is 12.3. The van der Waals surface area contributed by atoms with Crippen LogP contribution in [0.5, 0.6) is 28.9 Å². The molecule has 3 aromatic carbocycles. The Morgan fingerprint density at radius 1 is 0.894 bits per heavy atom. The molecule has 2 aromatic heterocycles. The molecule has 3 heterocycles. The van der Waals surface area contributed by atoms with E-state index >= 15 is 4.39 Å². The smallest absolute Gasteiger partial charge is 0.417 e. The minimum absolute atomic E-state index is 0.0386. The number of nitrogens with one attached hydrogen (secondary N) is 1. The maximum atomic E-state index is 15.2. The van der Waals surface area contributed by atoms with Gasteiger partial charge in [-0.25, -0.2) is 28.2 Å². The molecular formula is C32H29F2N5O8. The fourth-order valence-corrected chi connectivity index (χ4v) is 4.77. The number of ether oxygens (including phenoxy) is 6. The highest BCUT2D eigenvalue weighted by Gasteiger charge is 2.21. The Balaban J connectivity index is 1.18. The summed E-state index contributed by atoms with van der Waals surface area (Å²) in [6.07, 6.45) is 0.252. The zero-order valence-corrected chi connectivity index (χ0v) is 25.3. The van der Waals surface area contributed by atoms with Crippen LogP contribution >= 0.6 is 0 Å². The standard InChI is InChI=1S/C32H29F2N5O8/c1-19-29(31(40)39(38(19)2)22-6-3-20(33)4-7-22)47-32(41)37-21-5-8-26(24(34)15-21)46-30-23-16-27-28(17-25(23)35-18-36-30)45-14-12-43-10-9-42-11-13-44-27/h3-8,15-18H,9-14H2,1-2H3,(H,37,41). The van der Waals surface area contributed by atoms with Gasteiger partial charge in [-0.2, -0.15) is 0 Å². The third-order valence-corrected chi connectivity index (χ3v) is 7.16. The predicted octanol–water partition coefficient (Wildman–Crippen LogP) is 4.91. The molecule has 0 unspecified atom stereocenters. The second-order valence-corrected chi connectivity index (χ2v) is 10.2. The van der Waals surface area contributed by atoms with Crippen LogP contribution in [0.2, 0.25) is 0 Å². The Morgan fingerprint density at radius 3 is 2.28 bits per heavy atom. The van der Waals surface area contributed by atoms with Crippen molar-refractivity contribution in [3.8, 4) is 34.6 Å². The van der Waals surface area contributed by atoms with Crippen LogP contribution in [-0.4, -0.2) is 65.1 Å². The number of anilines is 1. The molecule has 6 rings (SSSR count). The number of aromatic nitrogens is 4. The summed E-state index contributed by atoms with van der Waals surface area (Å²) in [5.74, 6) is -0.796. The third-order valence-electron chi connectivity index (χ3n) is 7.16. The molecule has 244 valence electrons. The van der Waals surface area contributed by atoms with Gasteiger partial charge in [-0.3, -0.25) is 14.8 Å². The summed E-state index contributed by atoms with van der Waals surface area (Å²) in [7, 11) is 1.59. The van der Waals surface area contributed by atoms with E-state index in [4.69, 9.17) is 28.4 Å². The summed E-state index contributed by atoms with van der Waals surface area (Å²) < 4.78 is 65.1. The number of carbonyl (C=O) groups excluding carboxylic acids is 1. The molecule has 5 aromatic rings. The average Bonchev–Trinajstić information content (AvgIpc) is 3.25. The summed E-state index contributed by atoms with van der Waals surface area (Å²) in [4.78, 5) is 34.2. The normalized spacial score (nSPS) is 13.8. The Hall–Kier alpha value is -5.54. The van der Waals surface area contributed by atoms with Crippen molar-refractivity contribution >= 4 is 22.7 Å². The number of amides is 1. The molecule has 15 heteroatoms. The number of rotatable bonds is 5. The van der Waals surface area contributed by atoms with E-state index in [9.17, 15) is 14.0 Å². The number of nitrogens with zero attached hydrogens (tertiary/aromatic N) is 4. The molecule has 0 saturated heterocycles. The van der Waals surface area contributed by atoms with E-state index in [1.165, 1.54) is 52.1 Å². The van der Waals surface area contributed by atoms with Crippen molar-refractivity contribution in [2.75, 3.05) is 45.0 Å². The molecule has 0 spiro atoms. The summed E-state index contributed by atoms with van der Waals surface area (Å²) in [5.41, 5.74) is 0.585. The van der Waals surface area contributed by atoms with Gasteiger partial charge in [0.15, 0.2) is 23.1 Å². The highest BCUT2D eigenvalue weighted by Crippen LogP contribution is 2.37. The van der Waals surface area contributed by atoms with Crippen molar-refractivity contribution in [1.82, 2.24) is 19.3 Å².